The zero-order valence-corrected chi connectivity index (χ0v) is 20.3. The van der Waals surface area contributed by atoms with E-state index in [1.54, 1.807) is 18.9 Å². The molecule has 2 amide bonds. The van der Waals surface area contributed by atoms with Crippen molar-refractivity contribution in [2.75, 3.05) is 38.2 Å². The number of carbonyl (C=O) groups is 2. The molecule has 2 aliphatic heterocycles. The quantitative estimate of drug-likeness (QED) is 0.679. The Labute approximate surface area is 205 Å². The molecule has 0 aromatic heterocycles. The zero-order chi connectivity index (χ0) is 23.5. The third kappa shape index (κ3) is 4.80. The van der Waals surface area contributed by atoms with Crippen molar-refractivity contribution in [3.63, 3.8) is 0 Å². The SMILES string of the molecule is COc1ccccc1N1CCN(C(=O)C2CCC3S/C(=C\c4ccccc4)C(=O)NC3C2)CC1. The molecule has 2 heterocycles. The lowest BCUT2D eigenvalue weighted by molar-refractivity contribution is -0.137. The summed E-state index contributed by atoms with van der Waals surface area (Å²) in [6.07, 6.45) is 4.52. The van der Waals surface area contributed by atoms with Crippen molar-refractivity contribution >= 4 is 35.3 Å². The van der Waals surface area contributed by atoms with Crippen molar-refractivity contribution in [2.24, 2.45) is 5.92 Å². The number of carbonyl (C=O) groups excluding carboxylic acids is 2. The third-order valence-electron chi connectivity index (χ3n) is 7.07. The molecule has 2 aromatic carbocycles. The number of benzene rings is 2. The number of amides is 2. The maximum absolute atomic E-state index is 13.3. The fourth-order valence-electron chi connectivity index (χ4n) is 5.23. The second-order valence-electron chi connectivity index (χ2n) is 9.15. The van der Waals surface area contributed by atoms with E-state index >= 15 is 0 Å². The van der Waals surface area contributed by atoms with Crippen LogP contribution in [0.2, 0.25) is 0 Å². The Morgan fingerprint density at radius 2 is 1.76 bits per heavy atom. The number of nitrogens with zero attached hydrogens (tertiary/aromatic N) is 2. The minimum Gasteiger partial charge on any atom is -0.495 e. The number of para-hydroxylation sites is 2. The highest BCUT2D eigenvalue weighted by molar-refractivity contribution is 8.04. The number of hydrogen-bond donors (Lipinski definition) is 1. The molecule has 2 aromatic rings. The van der Waals surface area contributed by atoms with Crippen molar-refractivity contribution in [1.82, 2.24) is 10.2 Å². The summed E-state index contributed by atoms with van der Waals surface area (Å²) in [5, 5.41) is 3.53. The van der Waals surface area contributed by atoms with Crippen molar-refractivity contribution in [2.45, 2.75) is 30.6 Å². The summed E-state index contributed by atoms with van der Waals surface area (Å²) < 4.78 is 5.51. The summed E-state index contributed by atoms with van der Waals surface area (Å²) in [6.45, 7) is 3.02. The van der Waals surface area contributed by atoms with Gasteiger partial charge in [0.05, 0.1) is 17.7 Å². The average molecular weight is 478 g/mol. The number of hydrogen-bond acceptors (Lipinski definition) is 5. The minimum absolute atomic E-state index is 0.0142. The van der Waals surface area contributed by atoms with E-state index in [9.17, 15) is 9.59 Å². The van der Waals surface area contributed by atoms with E-state index in [0.29, 0.717) is 18.3 Å². The zero-order valence-electron chi connectivity index (χ0n) is 19.5. The molecule has 178 valence electrons. The maximum atomic E-state index is 13.3. The van der Waals surface area contributed by atoms with Gasteiger partial charge in [0.2, 0.25) is 5.91 Å². The normalized spacial score (nSPS) is 26.1. The molecular weight excluding hydrogens is 446 g/mol. The van der Waals surface area contributed by atoms with Crippen LogP contribution in [0.15, 0.2) is 59.5 Å². The first-order chi connectivity index (χ1) is 16.6. The number of nitrogens with one attached hydrogen (secondary N) is 1. The summed E-state index contributed by atoms with van der Waals surface area (Å²) in [6, 6.07) is 18.1. The molecule has 3 aliphatic rings. The molecule has 0 spiro atoms. The molecule has 3 unspecified atom stereocenters. The molecule has 5 rings (SSSR count). The van der Waals surface area contributed by atoms with E-state index < -0.39 is 0 Å². The van der Waals surface area contributed by atoms with Crippen molar-refractivity contribution in [3.8, 4) is 5.75 Å². The van der Waals surface area contributed by atoms with Crippen LogP contribution in [0, 0.1) is 5.92 Å². The van der Waals surface area contributed by atoms with Gasteiger partial charge in [0.15, 0.2) is 0 Å². The van der Waals surface area contributed by atoms with Crippen LogP contribution >= 0.6 is 11.8 Å². The van der Waals surface area contributed by atoms with Gasteiger partial charge >= 0.3 is 0 Å². The predicted molar refractivity (Wildman–Crippen MR) is 137 cm³/mol. The minimum atomic E-state index is -0.0198. The Bertz CT molecular complexity index is 1070. The van der Waals surface area contributed by atoms with E-state index in [-0.39, 0.29) is 23.8 Å². The Hall–Kier alpha value is -2.93. The highest BCUT2D eigenvalue weighted by Crippen LogP contribution is 2.40. The predicted octanol–water partition coefficient (Wildman–Crippen LogP) is 3.79. The lowest BCUT2D eigenvalue weighted by atomic mass is 9.84. The van der Waals surface area contributed by atoms with Crippen molar-refractivity contribution in [1.29, 1.82) is 0 Å². The molecule has 0 bridgehead atoms. The number of methoxy groups -OCH3 is 1. The second kappa shape index (κ2) is 10.1. The van der Waals surface area contributed by atoms with E-state index in [1.807, 2.05) is 59.5 Å². The lowest BCUT2D eigenvalue weighted by Crippen LogP contribution is -2.54. The molecule has 1 N–H and O–H groups in total. The van der Waals surface area contributed by atoms with Crippen LogP contribution < -0.4 is 15.0 Å². The number of fused-ring (bicyclic) bond motifs is 1. The van der Waals surface area contributed by atoms with E-state index in [0.717, 1.165) is 54.3 Å². The Kier molecular flexibility index (Phi) is 6.81. The second-order valence-corrected chi connectivity index (χ2v) is 10.4. The fourth-order valence-corrected chi connectivity index (χ4v) is 6.53. The van der Waals surface area contributed by atoms with E-state index in [1.165, 1.54) is 0 Å². The van der Waals surface area contributed by atoms with Gasteiger partial charge in [-0.25, -0.2) is 0 Å². The average Bonchev–Trinajstić information content (AvgIpc) is 2.89. The summed E-state index contributed by atoms with van der Waals surface area (Å²) >= 11 is 1.67. The van der Waals surface area contributed by atoms with Crippen molar-refractivity contribution < 1.29 is 14.3 Å². The lowest BCUT2D eigenvalue weighted by Gasteiger charge is -2.42. The van der Waals surface area contributed by atoms with Crippen LogP contribution in [-0.4, -0.2) is 61.3 Å². The van der Waals surface area contributed by atoms with Gasteiger partial charge in [-0.1, -0.05) is 42.5 Å². The molecule has 0 radical (unpaired) electrons. The molecule has 7 heteroatoms. The van der Waals surface area contributed by atoms with Gasteiger partial charge in [0.1, 0.15) is 5.75 Å². The van der Waals surface area contributed by atoms with Crippen molar-refractivity contribution in [3.05, 3.63) is 65.1 Å². The van der Waals surface area contributed by atoms with Crippen LogP contribution in [0.3, 0.4) is 0 Å². The van der Waals surface area contributed by atoms with E-state index in [2.05, 4.69) is 16.3 Å². The van der Waals surface area contributed by atoms with Gasteiger partial charge in [-0.3, -0.25) is 9.59 Å². The fraction of sp³-hybridized carbons (Fsp3) is 0.407. The number of anilines is 1. The topological polar surface area (TPSA) is 61.9 Å². The van der Waals surface area contributed by atoms with Crippen LogP contribution in [-0.2, 0) is 9.59 Å². The molecule has 6 nitrogen and oxygen atoms in total. The largest absolute Gasteiger partial charge is 0.495 e. The first-order valence-electron chi connectivity index (χ1n) is 12.0. The van der Waals surface area contributed by atoms with Gasteiger partial charge in [-0.2, -0.15) is 0 Å². The third-order valence-corrected chi connectivity index (χ3v) is 8.49. The van der Waals surface area contributed by atoms with Crippen LogP contribution in [0.1, 0.15) is 24.8 Å². The Morgan fingerprint density at radius 1 is 1.03 bits per heavy atom. The first kappa shape index (κ1) is 22.8. The van der Waals surface area contributed by atoms with Gasteiger partial charge in [0, 0.05) is 43.4 Å². The van der Waals surface area contributed by atoms with Gasteiger partial charge in [0.25, 0.3) is 5.91 Å². The van der Waals surface area contributed by atoms with Crippen LogP contribution in [0.4, 0.5) is 5.69 Å². The van der Waals surface area contributed by atoms with E-state index in [4.69, 9.17) is 4.74 Å². The van der Waals surface area contributed by atoms with Gasteiger partial charge < -0.3 is 19.9 Å². The molecule has 1 aliphatic carbocycles. The first-order valence-corrected chi connectivity index (χ1v) is 12.9. The van der Waals surface area contributed by atoms with Gasteiger partial charge in [-0.15, -0.1) is 11.8 Å². The standard InChI is InChI=1S/C27H31N3O3S/c1-33-23-10-6-5-9-22(23)29-13-15-30(16-14-29)27(32)20-11-12-24-21(18-20)28-26(31)25(34-24)17-19-7-3-2-4-8-19/h2-10,17,20-21,24H,11-16,18H2,1H3,(H,28,31)/b25-17-. The van der Waals surface area contributed by atoms with Crippen LogP contribution in [0.25, 0.3) is 6.08 Å². The smallest absolute Gasteiger partial charge is 0.257 e. The maximum Gasteiger partial charge on any atom is 0.257 e. The van der Waals surface area contributed by atoms with Crippen LogP contribution in [0.5, 0.6) is 5.75 Å². The highest BCUT2D eigenvalue weighted by atomic mass is 32.2. The summed E-state index contributed by atoms with van der Waals surface area (Å²) in [5.74, 6) is 1.07. The Balaban J connectivity index is 1.17. The molecule has 3 fully saturated rings. The van der Waals surface area contributed by atoms with Gasteiger partial charge in [-0.05, 0) is 43.0 Å². The molecule has 1 saturated carbocycles. The number of ether oxygens (including phenoxy) is 1. The summed E-state index contributed by atoms with van der Waals surface area (Å²) in [5.41, 5.74) is 2.12. The molecule has 2 saturated heterocycles. The summed E-state index contributed by atoms with van der Waals surface area (Å²) in [4.78, 5) is 31.1. The number of piperazine rings is 1. The number of thioether (sulfide) groups is 1. The molecule has 34 heavy (non-hydrogen) atoms. The number of rotatable bonds is 4. The molecule has 3 atom stereocenters. The summed E-state index contributed by atoms with van der Waals surface area (Å²) in [7, 11) is 1.69. The molecular formula is C27H31N3O3S. The monoisotopic (exact) mass is 477 g/mol. The Morgan fingerprint density at radius 3 is 2.53 bits per heavy atom. The highest BCUT2D eigenvalue weighted by Gasteiger charge is 2.41.